The van der Waals surface area contributed by atoms with Gasteiger partial charge in [-0.15, -0.1) is 34.8 Å². The Bertz CT molecular complexity index is 457. The summed E-state index contributed by atoms with van der Waals surface area (Å²) >= 11 is 50.9. The van der Waals surface area contributed by atoms with E-state index in [0.29, 0.717) is 11.5 Å². The number of allylic oxidation sites excluding steroid dienone is 2. The summed E-state index contributed by atoms with van der Waals surface area (Å²) in [6.45, 7) is 0. The lowest BCUT2D eigenvalue weighted by molar-refractivity contribution is 0.389. The number of alkyl halides is 7. The van der Waals surface area contributed by atoms with E-state index in [2.05, 4.69) is 0 Å². The van der Waals surface area contributed by atoms with Gasteiger partial charge in [0.1, 0.15) is 14.1 Å². The van der Waals surface area contributed by atoms with E-state index in [4.69, 9.17) is 92.8 Å². The Labute approximate surface area is 145 Å². The molecule has 0 heterocycles. The summed E-state index contributed by atoms with van der Waals surface area (Å²) in [5, 5.41) is -0.314. The lowest BCUT2D eigenvalue weighted by atomic mass is 9.85. The highest BCUT2D eigenvalue weighted by atomic mass is 35.5. The van der Waals surface area contributed by atoms with Crippen LogP contribution in [0.4, 0.5) is 0 Å². The Morgan fingerprint density at radius 3 is 2.17 bits per heavy atom. The third-order valence-corrected chi connectivity index (χ3v) is 9.44. The van der Waals surface area contributed by atoms with Gasteiger partial charge in [0.2, 0.25) is 0 Å². The standard InChI is InChI=1S/C10H6Cl8/c11-4-2-7(13)3-1-8(14,15)6(12)5(3)9(4,16)10(7,17)18/h2-3,5-6H,1H2/t3-,5-,6+,7+,9-/m0/s1. The van der Waals surface area contributed by atoms with Crippen LogP contribution in [0.15, 0.2) is 11.1 Å². The van der Waals surface area contributed by atoms with Gasteiger partial charge in [0.25, 0.3) is 0 Å². The van der Waals surface area contributed by atoms with Crippen molar-refractivity contribution in [3.05, 3.63) is 11.1 Å². The van der Waals surface area contributed by atoms with Gasteiger partial charge in [-0.3, -0.25) is 0 Å². The summed E-state index contributed by atoms with van der Waals surface area (Å²) in [6, 6.07) is 0. The van der Waals surface area contributed by atoms with Crippen LogP contribution >= 0.6 is 92.8 Å². The Kier molecular flexibility index (Phi) is 3.22. The molecule has 2 saturated carbocycles. The molecular formula is C10H6Cl8. The number of hydrogen-bond donors (Lipinski definition) is 0. The average molecular weight is 410 g/mol. The number of halogens is 8. The number of hydrogen-bond acceptors (Lipinski definition) is 0. The summed E-state index contributed by atoms with van der Waals surface area (Å²) in [5.41, 5.74) is 0. The second-order valence-corrected chi connectivity index (χ2v) is 10.0. The minimum absolute atomic E-state index is 0.216. The minimum Gasteiger partial charge on any atom is -0.119 e. The van der Waals surface area contributed by atoms with Crippen molar-refractivity contribution in [1.82, 2.24) is 0 Å². The third kappa shape index (κ3) is 1.36. The molecule has 0 spiro atoms. The molecule has 102 valence electrons. The Morgan fingerprint density at radius 2 is 1.61 bits per heavy atom. The highest BCUT2D eigenvalue weighted by molar-refractivity contribution is 6.63. The lowest BCUT2D eigenvalue weighted by Gasteiger charge is -2.36. The molecule has 0 amide bonds. The smallest absolute Gasteiger partial charge is 0.119 e. The van der Waals surface area contributed by atoms with Crippen LogP contribution < -0.4 is 0 Å². The maximum atomic E-state index is 6.60. The van der Waals surface area contributed by atoms with Crippen molar-refractivity contribution >= 4 is 92.8 Å². The fourth-order valence-corrected chi connectivity index (χ4v) is 6.97. The number of rotatable bonds is 0. The Hall–Kier alpha value is 2.06. The van der Waals surface area contributed by atoms with Crippen molar-refractivity contribution < 1.29 is 0 Å². The predicted octanol–water partition coefficient (Wildman–Crippen LogP) is 5.68. The summed E-state index contributed by atoms with van der Waals surface area (Å²) in [4.78, 5) is -2.35. The lowest BCUT2D eigenvalue weighted by Crippen LogP contribution is -2.48. The van der Waals surface area contributed by atoms with Gasteiger partial charge in [0.05, 0.1) is 5.38 Å². The van der Waals surface area contributed by atoms with E-state index < -0.39 is 23.8 Å². The fourth-order valence-electron chi connectivity index (χ4n) is 3.41. The van der Waals surface area contributed by atoms with Gasteiger partial charge in [0, 0.05) is 11.0 Å². The second kappa shape index (κ2) is 3.87. The van der Waals surface area contributed by atoms with Crippen molar-refractivity contribution in [2.75, 3.05) is 0 Å². The molecule has 0 aliphatic heterocycles. The predicted molar refractivity (Wildman–Crippen MR) is 81.2 cm³/mol. The van der Waals surface area contributed by atoms with E-state index in [9.17, 15) is 0 Å². The zero-order chi connectivity index (χ0) is 13.7. The zero-order valence-corrected chi connectivity index (χ0v) is 14.6. The molecule has 0 N–H and O–H groups in total. The summed E-state index contributed by atoms with van der Waals surface area (Å²) in [5.74, 6) is -0.590. The molecule has 0 saturated heterocycles. The van der Waals surface area contributed by atoms with Gasteiger partial charge in [-0.2, -0.15) is 0 Å². The van der Waals surface area contributed by atoms with Crippen molar-refractivity contribution in [2.45, 2.75) is 30.2 Å². The van der Waals surface area contributed by atoms with Crippen LogP contribution in [0.3, 0.4) is 0 Å². The first kappa shape index (κ1) is 15.0. The molecular weight excluding hydrogens is 404 g/mol. The van der Waals surface area contributed by atoms with Gasteiger partial charge >= 0.3 is 0 Å². The van der Waals surface area contributed by atoms with Crippen molar-refractivity contribution in [3.63, 3.8) is 0 Å². The molecule has 0 radical (unpaired) electrons. The Balaban J connectivity index is 2.21. The topological polar surface area (TPSA) is 0 Å². The molecule has 3 aliphatic carbocycles. The van der Waals surface area contributed by atoms with Crippen LogP contribution in [0.2, 0.25) is 0 Å². The van der Waals surface area contributed by atoms with Crippen LogP contribution in [-0.2, 0) is 0 Å². The molecule has 0 unspecified atom stereocenters. The molecule has 0 aromatic heterocycles. The second-order valence-electron chi connectivity index (χ2n) is 5.05. The normalized spacial score (nSPS) is 55.6. The van der Waals surface area contributed by atoms with Gasteiger partial charge in [-0.05, 0) is 18.4 Å². The molecule has 3 aliphatic rings. The van der Waals surface area contributed by atoms with E-state index >= 15 is 0 Å². The van der Waals surface area contributed by atoms with Gasteiger partial charge in [-0.25, -0.2) is 0 Å². The molecule has 18 heavy (non-hydrogen) atoms. The van der Waals surface area contributed by atoms with Crippen molar-refractivity contribution in [3.8, 4) is 0 Å². The molecule has 2 fully saturated rings. The minimum atomic E-state index is -1.44. The summed E-state index contributed by atoms with van der Waals surface area (Å²) in [6.07, 6.45) is 1.97. The van der Waals surface area contributed by atoms with Gasteiger partial charge < -0.3 is 0 Å². The zero-order valence-electron chi connectivity index (χ0n) is 8.54. The molecule has 8 heteroatoms. The van der Waals surface area contributed by atoms with E-state index in [-0.39, 0.29) is 11.8 Å². The SMILES string of the molecule is ClC1=C[C@@]2(Cl)[C@H]3CC(Cl)(Cl)[C@H](Cl)[C@H]3[C@]1(Cl)C2(Cl)Cl. The first-order chi connectivity index (χ1) is 8.00. The highest BCUT2D eigenvalue weighted by Crippen LogP contribution is 2.78. The maximum Gasteiger partial charge on any atom is 0.165 e. The van der Waals surface area contributed by atoms with Crippen LogP contribution in [0.1, 0.15) is 6.42 Å². The monoisotopic (exact) mass is 406 g/mol. The van der Waals surface area contributed by atoms with Gasteiger partial charge in [0.15, 0.2) is 4.33 Å². The van der Waals surface area contributed by atoms with Crippen LogP contribution in [-0.4, -0.2) is 23.8 Å². The maximum absolute atomic E-state index is 6.60. The highest BCUT2D eigenvalue weighted by Gasteiger charge is 2.83. The third-order valence-electron chi connectivity index (χ3n) is 4.27. The first-order valence-corrected chi connectivity index (χ1v) is 8.25. The van der Waals surface area contributed by atoms with E-state index in [1.807, 2.05) is 0 Å². The van der Waals surface area contributed by atoms with Crippen LogP contribution in [0.25, 0.3) is 0 Å². The van der Waals surface area contributed by atoms with E-state index in [0.717, 1.165) is 0 Å². The molecule has 2 bridgehead atoms. The van der Waals surface area contributed by atoms with E-state index in [1.54, 1.807) is 6.08 Å². The first-order valence-electron chi connectivity index (χ1n) is 5.16. The van der Waals surface area contributed by atoms with Crippen molar-refractivity contribution in [1.29, 1.82) is 0 Å². The molecule has 3 rings (SSSR count). The molecule has 0 aromatic carbocycles. The van der Waals surface area contributed by atoms with Gasteiger partial charge in [-0.1, -0.05) is 58.0 Å². The fraction of sp³-hybridized carbons (Fsp3) is 0.800. The molecule has 0 aromatic rings. The molecule has 5 atom stereocenters. The average Bonchev–Trinajstić information content (AvgIpc) is 2.59. The van der Waals surface area contributed by atoms with Crippen molar-refractivity contribution in [2.24, 2.45) is 11.8 Å². The van der Waals surface area contributed by atoms with E-state index in [1.165, 1.54) is 0 Å². The van der Waals surface area contributed by atoms with Crippen LogP contribution in [0.5, 0.6) is 0 Å². The largest absolute Gasteiger partial charge is 0.165 e. The van der Waals surface area contributed by atoms with Crippen LogP contribution in [0, 0.1) is 11.8 Å². The number of fused-ring (bicyclic) bond motifs is 5. The molecule has 0 nitrogen and oxygen atoms in total. The summed E-state index contributed by atoms with van der Waals surface area (Å²) in [7, 11) is 0. The summed E-state index contributed by atoms with van der Waals surface area (Å²) < 4.78 is -2.55. The quantitative estimate of drug-likeness (QED) is 0.451. The Morgan fingerprint density at radius 1 is 1.06 bits per heavy atom.